The Labute approximate surface area is 129 Å². The van der Waals surface area contributed by atoms with Crippen molar-refractivity contribution in [3.63, 3.8) is 0 Å². The molecule has 122 valence electrons. The molecule has 0 spiro atoms. The summed E-state index contributed by atoms with van der Waals surface area (Å²) in [7, 11) is -3.61. The first-order valence-electron chi connectivity index (χ1n) is 7.76. The molecule has 0 radical (unpaired) electrons. The molecule has 2 heterocycles. The summed E-state index contributed by atoms with van der Waals surface area (Å²) >= 11 is 0. The Kier molecular flexibility index (Phi) is 4.16. The zero-order valence-corrected chi connectivity index (χ0v) is 13.5. The summed E-state index contributed by atoms with van der Waals surface area (Å²) in [6.45, 7) is 2.77. The lowest BCUT2D eigenvalue weighted by Crippen LogP contribution is -2.44. The average molecular weight is 327 g/mol. The molecule has 0 unspecified atom stereocenters. The maximum absolute atomic E-state index is 12.5. The van der Waals surface area contributed by atoms with Crippen LogP contribution in [-0.2, 0) is 20.4 Å². The van der Waals surface area contributed by atoms with Crippen molar-refractivity contribution in [1.29, 1.82) is 0 Å². The van der Waals surface area contributed by atoms with Gasteiger partial charge in [0.1, 0.15) is 11.0 Å². The first kappa shape index (κ1) is 15.4. The molecule has 0 aromatic carbocycles. The van der Waals surface area contributed by atoms with Crippen LogP contribution in [0.2, 0.25) is 0 Å². The summed E-state index contributed by atoms with van der Waals surface area (Å²) in [6.07, 6.45) is 4.93. The number of hydrogen-bond donors (Lipinski definition) is 0. The van der Waals surface area contributed by atoms with Crippen LogP contribution >= 0.6 is 0 Å². The van der Waals surface area contributed by atoms with Gasteiger partial charge in [0.15, 0.2) is 15.7 Å². The SMILES string of the molecule is C[C@@H](C(=O)N1CCCCC1)S(=O)(=O)Cc1nnnn1C1CC1. The van der Waals surface area contributed by atoms with Gasteiger partial charge in [0, 0.05) is 13.1 Å². The second-order valence-electron chi connectivity index (χ2n) is 6.11. The van der Waals surface area contributed by atoms with Gasteiger partial charge in [0.25, 0.3) is 0 Å². The van der Waals surface area contributed by atoms with Gasteiger partial charge in [-0.05, 0) is 49.5 Å². The van der Waals surface area contributed by atoms with E-state index >= 15 is 0 Å². The van der Waals surface area contributed by atoms with E-state index in [1.165, 1.54) is 6.92 Å². The van der Waals surface area contributed by atoms with Crippen molar-refractivity contribution in [1.82, 2.24) is 25.1 Å². The van der Waals surface area contributed by atoms with E-state index in [4.69, 9.17) is 0 Å². The predicted molar refractivity (Wildman–Crippen MR) is 78.6 cm³/mol. The minimum atomic E-state index is -3.61. The van der Waals surface area contributed by atoms with Crippen LogP contribution in [0.3, 0.4) is 0 Å². The lowest BCUT2D eigenvalue weighted by Gasteiger charge is -2.29. The molecule has 0 N–H and O–H groups in total. The van der Waals surface area contributed by atoms with Crippen LogP contribution < -0.4 is 0 Å². The number of likely N-dealkylation sites (tertiary alicyclic amines) is 1. The molecule has 9 heteroatoms. The first-order chi connectivity index (χ1) is 10.5. The van der Waals surface area contributed by atoms with Gasteiger partial charge in [-0.1, -0.05) is 0 Å². The van der Waals surface area contributed by atoms with E-state index in [1.807, 2.05) is 0 Å². The minimum absolute atomic E-state index is 0.216. The zero-order chi connectivity index (χ0) is 15.7. The fourth-order valence-corrected chi connectivity index (χ4v) is 4.00. The smallest absolute Gasteiger partial charge is 0.240 e. The van der Waals surface area contributed by atoms with Crippen LogP contribution in [0.25, 0.3) is 0 Å². The quantitative estimate of drug-likeness (QED) is 0.772. The summed E-state index contributed by atoms with van der Waals surface area (Å²) in [5.74, 6) is -0.247. The number of carbonyl (C=O) groups excluding carboxylic acids is 1. The number of aromatic nitrogens is 4. The number of rotatable bonds is 5. The van der Waals surface area contributed by atoms with E-state index in [2.05, 4.69) is 15.5 Å². The van der Waals surface area contributed by atoms with Gasteiger partial charge in [0.05, 0.1) is 6.04 Å². The van der Waals surface area contributed by atoms with Crippen molar-refractivity contribution in [3.8, 4) is 0 Å². The van der Waals surface area contributed by atoms with Crippen molar-refractivity contribution >= 4 is 15.7 Å². The fourth-order valence-electron chi connectivity index (χ4n) is 2.74. The summed E-state index contributed by atoms with van der Waals surface area (Å²) in [6, 6.07) is 0.216. The van der Waals surface area contributed by atoms with Crippen molar-refractivity contribution in [2.75, 3.05) is 13.1 Å². The Morgan fingerprint density at radius 2 is 1.95 bits per heavy atom. The number of sulfone groups is 1. The largest absolute Gasteiger partial charge is 0.342 e. The third-order valence-electron chi connectivity index (χ3n) is 4.34. The standard InChI is InChI=1S/C13H21N5O3S/c1-10(13(19)17-7-3-2-4-8-17)22(20,21)9-12-14-15-16-18(12)11-5-6-11/h10-11H,2-9H2,1H3/t10-/m0/s1. The van der Waals surface area contributed by atoms with Crippen LogP contribution in [0.15, 0.2) is 0 Å². The number of piperidine rings is 1. The predicted octanol–water partition coefficient (Wildman–Crippen LogP) is 0.324. The molecule has 2 aliphatic rings. The van der Waals surface area contributed by atoms with Gasteiger partial charge in [-0.3, -0.25) is 4.79 Å². The summed E-state index contributed by atoms with van der Waals surface area (Å²) in [5, 5.41) is 10.2. The van der Waals surface area contributed by atoms with E-state index in [0.717, 1.165) is 32.1 Å². The first-order valence-corrected chi connectivity index (χ1v) is 9.47. The average Bonchev–Trinajstić information content (AvgIpc) is 3.27. The molecule has 22 heavy (non-hydrogen) atoms. The second-order valence-corrected chi connectivity index (χ2v) is 8.43. The van der Waals surface area contributed by atoms with Gasteiger partial charge in [-0.15, -0.1) is 5.10 Å². The Morgan fingerprint density at radius 3 is 2.59 bits per heavy atom. The minimum Gasteiger partial charge on any atom is -0.342 e. The molecule has 1 amide bonds. The molecule has 1 saturated carbocycles. The summed E-state index contributed by atoms with van der Waals surface area (Å²) < 4.78 is 26.6. The van der Waals surface area contributed by atoms with Gasteiger partial charge in [0.2, 0.25) is 5.91 Å². The van der Waals surface area contributed by atoms with Crippen LogP contribution in [0, 0.1) is 0 Å². The fraction of sp³-hybridized carbons (Fsp3) is 0.846. The highest BCUT2D eigenvalue weighted by Crippen LogP contribution is 2.34. The van der Waals surface area contributed by atoms with E-state index in [0.29, 0.717) is 18.9 Å². The molecule has 1 aliphatic carbocycles. The molecule has 8 nitrogen and oxygen atoms in total. The summed E-state index contributed by atoms with van der Waals surface area (Å²) in [5.41, 5.74) is 0. The monoisotopic (exact) mass is 327 g/mol. The molecule has 1 aliphatic heterocycles. The third-order valence-corrected chi connectivity index (χ3v) is 6.28. The second kappa shape index (κ2) is 5.94. The highest BCUT2D eigenvalue weighted by molar-refractivity contribution is 7.92. The Bertz CT molecular complexity index is 646. The number of tetrazole rings is 1. The van der Waals surface area contributed by atoms with Crippen molar-refractivity contribution in [3.05, 3.63) is 5.82 Å². The van der Waals surface area contributed by atoms with Crippen molar-refractivity contribution in [2.45, 2.75) is 56.1 Å². The zero-order valence-electron chi connectivity index (χ0n) is 12.7. The van der Waals surface area contributed by atoms with Crippen molar-refractivity contribution < 1.29 is 13.2 Å². The molecular weight excluding hydrogens is 306 g/mol. The molecule has 3 rings (SSSR count). The molecule has 1 aromatic rings. The summed E-state index contributed by atoms with van der Waals surface area (Å²) in [4.78, 5) is 14.1. The van der Waals surface area contributed by atoms with E-state index in [1.54, 1.807) is 9.58 Å². The van der Waals surface area contributed by atoms with E-state index in [-0.39, 0.29) is 17.7 Å². The van der Waals surface area contributed by atoms with Crippen LogP contribution in [0.5, 0.6) is 0 Å². The molecule has 0 bridgehead atoms. The topological polar surface area (TPSA) is 98.1 Å². The Morgan fingerprint density at radius 1 is 1.27 bits per heavy atom. The van der Waals surface area contributed by atoms with Crippen LogP contribution in [-0.4, -0.2) is 57.8 Å². The van der Waals surface area contributed by atoms with E-state index < -0.39 is 15.1 Å². The lowest BCUT2D eigenvalue weighted by molar-refractivity contribution is -0.131. The van der Waals surface area contributed by atoms with Gasteiger partial charge in [-0.2, -0.15) is 0 Å². The number of nitrogens with zero attached hydrogens (tertiary/aromatic N) is 5. The van der Waals surface area contributed by atoms with Gasteiger partial charge >= 0.3 is 0 Å². The molecule has 2 fully saturated rings. The number of amides is 1. The molecule has 1 saturated heterocycles. The molecule has 1 atom stereocenters. The lowest BCUT2D eigenvalue weighted by atomic mass is 10.1. The maximum Gasteiger partial charge on any atom is 0.240 e. The Balaban J connectivity index is 1.71. The Hall–Kier alpha value is -1.51. The van der Waals surface area contributed by atoms with Gasteiger partial charge in [-0.25, -0.2) is 13.1 Å². The highest BCUT2D eigenvalue weighted by atomic mass is 32.2. The highest BCUT2D eigenvalue weighted by Gasteiger charge is 2.35. The van der Waals surface area contributed by atoms with Gasteiger partial charge < -0.3 is 4.90 Å². The molecular formula is C13H21N5O3S. The number of carbonyl (C=O) groups is 1. The normalized spacial score (nSPS) is 20.9. The maximum atomic E-state index is 12.5. The van der Waals surface area contributed by atoms with Crippen LogP contribution in [0.4, 0.5) is 0 Å². The van der Waals surface area contributed by atoms with E-state index in [9.17, 15) is 13.2 Å². The molecule has 1 aromatic heterocycles. The third kappa shape index (κ3) is 3.13. The van der Waals surface area contributed by atoms with Crippen LogP contribution in [0.1, 0.15) is 50.9 Å². The number of hydrogen-bond acceptors (Lipinski definition) is 6. The van der Waals surface area contributed by atoms with Crippen molar-refractivity contribution in [2.24, 2.45) is 0 Å².